The van der Waals surface area contributed by atoms with Gasteiger partial charge in [0.05, 0.1) is 25.6 Å². The van der Waals surface area contributed by atoms with Crippen LogP contribution in [-0.4, -0.2) is 37.1 Å². The van der Waals surface area contributed by atoms with Gasteiger partial charge in [0.1, 0.15) is 11.8 Å². The highest BCUT2D eigenvalue weighted by Crippen LogP contribution is 2.19. The zero-order valence-electron chi connectivity index (χ0n) is 15.0. The van der Waals surface area contributed by atoms with E-state index in [2.05, 4.69) is 5.32 Å². The van der Waals surface area contributed by atoms with Crippen molar-refractivity contribution in [3.63, 3.8) is 0 Å². The summed E-state index contributed by atoms with van der Waals surface area (Å²) in [4.78, 5) is 34.7. The first-order chi connectivity index (χ1) is 12.9. The smallest absolute Gasteiger partial charge is 0.328 e. The SMILES string of the molecule is COC(=O)[C@H](Cc1ccccc1OC)NC(=O)Cc1cccc([N+](=O)[O-])c1. The van der Waals surface area contributed by atoms with E-state index in [-0.39, 0.29) is 18.5 Å². The summed E-state index contributed by atoms with van der Waals surface area (Å²) in [6.45, 7) is 0. The largest absolute Gasteiger partial charge is 0.496 e. The number of nitro groups is 1. The Labute approximate surface area is 156 Å². The quantitative estimate of drug-likeness (QED) is 0.432. The molecule has 2 aromatic rings. The number of rotatable bonds is 8. The van der Waals surface area contributed by atoms with Gasteiger partial charge in [0.25, 0.3) is 5.69 Å². The molecule has 0 aliphatic heterocycles. The van der Waals surface area contributed by atoms with E-state index in [1.165, 1.54) is 32.4 Å². The van der Waals surface area contributed by atoms with Crippen LogP contribution < -0.4 is 10.1 Å². The molecular weight excluding hydrogens is 352 g/mol. The molecule has 0 aromatic heterocycles. The summed E-state index contributed by atoms with van der Waals surface area (Å²) >= 11 is 0. The lowest BCUT2D eigenvalue weighted by Gasteiger charge is -2.18. The number of non-ortho nitro benzene ring substituents is 1. The fourth-order valence-electron chi connectivity index (χ4n) is 2.64. The molecule has 1 N–H and O–H groups in total. The van der Waals surface area contributed by atoms with Crippen LogP contribution in [0.1, 0.15) is 11.1 Å². The van der Waals surface area contributed by atoms with E-state index in [0.717, 1.165) is 5.56 Å². The summed E-state index contributed by atoms with van der Waals surface area (Å²) in [6, 6.07) is 12.0. The maximum Gasteiger partial charge on any atom is 0.328 e. The minimum Gasteiger partial charge on any atom is -0.496 e. The molecule has 1 atom stereocenters. The number of hydrogen-bond acceptors (Lipinski definition) is 6. The second kappa shape index (κ2) is 9.33. The van der Waals surface area contributed by atoms with Crippen molar-refractivity contribution < 1.29 is 24.0 Å². The summed E-state index contributed by atoms with van der Waals surface area (Å²) < 4.78 is 10.0. The molecule has 1 amide bonds. The number of carbonyl (C=O) groups is 2. The topological polar surface area (TPSA) is 108 Å². The lowest BCUT2D eigenvalue weighted by molar-refractivity contribution is -0.384. The molecule has 0 aliphatic carbocycles. The first-order valence-electron chi connectivity index (χ1n) is 8.17. The van der Waals surface area contributed by atoms with E-state index >= 15 is 0 Å². The van der Waals surface area contributed by atoms with Crippen LogP contribution in [0, 0.1) is 10.1 Å². The molecule has 0 heterocycles. The predicted octanol–water partition coefficient (Wildman–Crippen LogP) is 2.05. The van der Waals surface area contributed by atoms with Crippen molar-refractivity contribution >= 4 is 17.6 Å². The van der Waals surface area contributed by atoms with Gasteiger partial charge in [0.15, 0.2) is 0 Å². The molecular formula is C19H20N2O6. The molecule has 0 fully saturated rings. The van der Waals surface area contributed by atoms with Gasteiger partial charge >= 0.3 is 5.97 Å². The van der Waals surface area contributed by atoms with Gasteiger partial charge in [-0.25, -0.2) is 4.79 Å². The lowest BCUT2D eigenvalue weighted by Crippen LogP contribution is -2.43. The van der Waals surface area contributed by atoms with Gasteiger partial charge in [0.2, 0.25) is 5.91 Å². The van der Waals surface area contributed by atoms with Crippen molar-refractivity contribution in [2.45, 2.75) is 18.9 Å². The monoisotopic (exact) mass is 372 g/mol. The normalized spacial score (nSPS) is 11.3. The number of methoxy groups -OCH3 is 2. The van der Waals surface area contributed by atoms with Crippen molar-refractivity contribution in [1.29, 1.82) is 0 Å². The van der Waals surface area contributed by atoms with Crippen molar-refractivity contribution in [2.75, 3.05) is 14.2 Å². The minimum absolute atomic E-state index is 0.0961. The van der Waals surface area contributed by atoms with Crippen LogP contribution in [0.4, 0.5) is 5.69 Å². The fraction of sp³-hybridized carbons (Fsp3) is 0.263. The van der Waals surface area contributed by atoms with E-state index in [1.807, 2.05) is 0 Å². The van der Waals surface area contributed by atoms with E-state index in [4.69, 9.17) is 9.47 Å². The number of nitrogens with one attached hydrogen (secondary N) is 1. The van der Waals surface area contributed by atoms with Gasteiger partial charge in [-0.15, -0.1) is 0 Å². The number of esters is 1. The number of ether oxygens (including phenoxy) is 2. The van der Waals surface area contributed by atoms with Gasteiger partial charge in [-0.2, -0.15) is 0 Å². The number of amides is 1. The average molecular weight is 372 g/mol. The van der Waals surface area contributed by atoms with Crippen LogP contribution in [-0.2, 0) is 27.2 Å². The van der Waals surface area contributed by atoms with E-state index in [1.54, 1.807) is 30.3 Å². The Balaban J connectivity index is 2.11. The number of para-hydroxylation sites is 1. The lowest BCUT2D eigenvalue weighted by atomic mass is 10.0. The third kappa shape index (κ3) is 5.53. The highest BCUT2D eigenvalue weighted by molar-refractivity contribution is 5.86. The molecule has 0 unspecified atom stereocenters. The molecule has 142 valence electrons. The van der Waals surface area contributed by atoms with Crippen LogP contribution >= 0.6 is 0 Å². The zero-order valence-corrected chi connectivity index (χ0v) is 15.0. The summed E-state index contributed by atoms with van der Waals surface area (Å²) in [7, 11) is 2.76. The number of hydrogen-bond donors (Lipinski definition) is 1. The predicted molar refractivity (Wildman–Crippen MR) is 97.4 cm³/mol. The molecule has 0 spiro atoms. The fourth-order valence-corrected chi connectivity index (χ4v) is 2.64. The van der Waals surface area contributed by atoms with Gasteiger partial charge in [-0.3, -0.25) is 14.9 Å². The minimum atomic E-state index is -0.905. The highest BCUT2D eigenvalue weighted by Gasteiger charge is 2.23. The molecule has 8 heteroatoms. The van der Waals surface area contributed by atoms with Gasteiger partial charge in [0, 0.05) is 18.6 Å². The number of nitrogens with zero attached hydrogens (tertiary/aromatic N) is 1. The highest BCUT2D eigenvalue weighted by atomic mass is 16.6. The molecule has 0 saturated heterocycles. The van der Waals surface area contributed by atoms with Crippen molar-refractivity contribution in [3.8, 4) is 5.75 Å². The van der Waals surface area contributed by atoms with Crippen LogP contribution in [0.3, 0.4) is 0 Å². The Morgan fingerprint density at radius 2 is 1.89 bits per heavy atom. The summed E-state index contributed by atoms with van der Waals surface area (Å²) in [6.07, 6.45) is 0.0957. The molecule has 2 aromatic carbocycles. The Bertz CT molecular complexity index is 836. The second-order valence-electron chi connectivity index (χ2n) is 5.76. The van der Waals surface area contributed by atoms with Gasteiger partial charge < -0.3 is 14.8 Å². The van der Waals surface area contributed by atoms with Crippen LogP contribution in [0.2, 0.25) is 0 Å². The Morgan fingerprint density at radius 1 is 1.15 bits per heavy atom. The summed E-state index contributed by atoms with van der Waals surface area (Å²) in [5.74, 6) is -0.437. The third-order valence-electron chi connectivity index (χ3n) is 3.92. The van der Waals surface area contributed by atoms with Crippen LogP contribution in [0.25, 0.3) is 0 Å². The average Bonchev–Trinajstić information content (AvgIpc) is 2.67. The standard InChI is InChI=1S/C19H20N2O6/c1-26-17-9-4-3-7-14(17)12-16(19(23)27-2)20-18(22)11-13-6-5-8-15(10-13)21(24)25/h3-10,16H,11-12H2,1-2H3,(H,20,22)/t16-/m0/s1. The third-order valence-corrected chi connectivity index (χ3v) is 3.92. The Kier molecular flexibility index (Phi) is 6.87. The summed E-state index contributed by atoms with van der Waals surface area (Å²) in [5.41, 5.74) is 1.12. The first-order valence-corrected chi connectivity index (χ1v) is 8.17. The van der Waals surface area contributed by atoms with Crippen molar-refractivity contribution in [3.05, 3.63) is 69.8 Å². The molecule has 2 rings (SSSR count). The Morgan fingerprint density at radius 3 is 2.56 bits per heavy atom. The van der Waals surface area contributed by atoms with Crippen molar-refractivity contribution in [1.82, 2.24) is 5.32 Å². The number of nitro benzene ring substituents is 1. The van der Waals surface area contributed by atoms with Crippen LogP contribution in [0.5, 0.6) is 5.75 Å². The van der Waals surface area contributed by atoms with Crippen molar-refractivity contribution in [2.24, 2.45) is 0 Å². The first kappa shape index (κ1) is 19.9. The van der Waals surface area contributed by atoms with Gasteiger partial charge in [-0.1, -0.05) is 30.3 Å². The molecule has 0 aliphatic rings. The maximum absolute atomic E-state index is 12.3. The molecule has 0 radical (unpaired) electrons. The Hall–Kier alpha value is -3.42. The zero-order chi connectivity index (χ0) is 19.8. The van der Waals surface area contributed by atoms with E-state index in [9.17, 15) is 19.7 Å². The second-order valence-corrected chi connectivity index (χ2v) is 5.76. The molecule has 27 heavy (non-hydrogen) atoms. The van der Waals surface area contributed by atoms with Crippen LogP contribution in [0.15, 0.2) is 48.5 Å². The molecule has 8 nitrogen and oxygen atoms in total. The number of carbonyl (C=O) groups excluding carboxylic acids is 2. The maximum atomic E-state index is 12.3. The summed E-state index contributed by atoms with van der Waals surface area (Å²) in [5, 5.41) is 13.5. The van der Waals surface area contributed by atoms with E-state index < -0.39 is 22.8 Å². The number of benzene rings is 2. The molecule has 0 bridgehead atoms. The van der Waals surface area contributed by atoms with E-state index in [0.29, 0.717) is 11.3 Å². The van der Waals surface area contributed by atoms with Gasteiger partial charge in [-0.05, 0) is 17.2 Å². The molecule has 0 saturated carbocycles.